The van der Waals surface area contributed by atoms with Gasteiger partial charge in [0, 0.05) is 17.8 Å². The number of nitrogens with one attached hydrogen (secondary N) is 1. The molecule has 0 amide bonds. The Labute approximate surface area is 116 Å². The van der Waals surface area contributed by atoms with Crippen LogP contribution >= 0.6 is 0 Å². The molecule has 0 fully saturated rings. The molecular weight excluding hydrogens is 252 g/mol. The molecule has 0 spiro atoms. The molecule has 1 aromatic heterocycles. The van der Waals surface area contributed by atoms with Gasteiger partial charge in [-0.3, -0.25) is 0 Å². The topological polar surface area (TPSA) is 47.3 Å². The van der Waals surface area contributed by atoms with Crippen molar-refractivity contribution in [3.05, 3.63) is 42.0 Å². The zero-order chi connectivity index (χ0) is 13.5. The minimum absolute atomic E-state index is 0.626. The van der Waals surface area contributed by atoms with E-state index in [4.69, 9.17) is 9.15 Å². The molecule has 20 heavy (non-hydrogen) atoms. The van der Waals surface area contributed by atoms with E-state index in [0.717, 1.165) is 35.4 Å². The predicted octanol–water partition coefficient (Wildman–Crippen LogP) is 3.47. The summed E-state index contributed by atoms with van der Waals surface area (Å²) < 4.78 is 11.2. The SMILES string of the molecule is COc1cccc2oc(-c3ccc4c(c3)NCC4)nc12. The molecule has 2 aromatic carbocycles. The highest BCUT2D eigenvalue weighted by atomic mass is 16.5. The van der Waals surface area contributed by atoms with Crippen LogP contribution in [0.15, 0.2) is 40.8 Å². The number of benzene rings is 2. The van der Waals surface area contributed by atoms with Crippen LogP contribution in [0.1, 0.15) is 5.56 Å². The van der Waals surface area contributed by atoms with E-state index in [1.165, 1.54) is 11.3 Å². The lowest BCUT2D eigenvalue weighted by Gasteiger charge is -2.01. The Morgan fingerprint density at radius 2 is 2.20 bits per heavy atom. The van der Waals surface area contributed by atoms with Gasteiger partial charge in [0.05, 0.1) is 7.11 Å². The van der Waals surface area contributed by atoms with Crippen molar-refractivity contribution in [2.45, 2.75) is 6.42 Å². The first-order valence-electron chi connectivity index (χ1n) is 6.66. The first-order valence-corrected chi connectivity index (χ1v) is 6.66. The molecule has 1 N–H and O–H groups in total. The van der Waals surface area contributed by atoms with E-state index in [1.807, 2.05) is 18.2 Å². The van der Waals surface area contributed by atoms with Crippen LogP contribution in [0.4, 0.5) is 5.69 Å². The second kappa shape index (κ2) is 4.27. The van der Waals surface area contributed by atoms with Crippen LogP contribution in [-0.2, 0) is 6.42 Å². The van der Waals surface area contributed by atoms with Crippen LogP contribution in [0.25, 0.3) is 22.6 Å². The Morgan fingerprint density at radius 3 is 3.10 bits per heavy atom. The summed E-state index contributed by atoms with van der Waals surface area (Å²) in [4.78, 5) is 4.56. The van der Waals surface area contributed by atoms with Crippen LogP contribution in [-0.4, -0.2) is 18.6 Å². The predicted molar refractivity (Wildman–Crippen MR) is 78.2 cm³/mol. The highest BCUT2D eigenvalue weighted by molar-refractivity contribution is 5.82. The minimum atomic E-state index is 0.626. The van der Waals surface area contributed by atoms with E-state index in [9.17, 15) is 0 Å². The number of anilines is 1. The molecule has 4 heteroatoms. The third-order valence-corrected chi connectivity index (χ3v) is 3.67. The zero-order valence-corrected chi connectivity index (χ0v) is 11.1. The fourth-order valence-electron chi connectivity index (χ4n) is 2.64. The van der Waals surface area contributed by atoms with E-state index in [0.29, 0.717) is 5.89 Å². The molecule has 0 unspecified atom stereocenters. The van der Waals surface area contributed by atoms with Gasteiger partial charge in [0.25, 0.3) is 0 Å². The third kappa shape index (κ3) is 1.65. The Hall–Kier alpha value is -2.49. The summed E-state index contributed by atoms with van der Waals surface area (Å²) >= 11 is 0. The number of hydrogen-bond donors (Lipinski definition) is 1. The Morgan fingerprint density at radius 1 is 1.25 bits per heavy atom. The van der Waals surface area contributed by atoms with Crippen molar-refractivity contribution in [2.75, 3.05) is 19.0 Å². The van der Waals surface area contributed by atoms with E-state index >= 15 is 0 Å². The fraction of sp³-hybridized carbons (Fsp3) is 0.188. The van der Waals surface area contributed by atoms with Crippen molar-refractivity contribution in [3.63, 3.8) is 0 Å². The number of fused-ring (bicyclic) bond motifs is 2. The van der Waals surface area contributed by atoms with Gasteiger partial charge in [0.2, 0.25) is 5.89 Å². The Bertz CT molecular complexity index is 792. The standard InChI is InChI=1S/C16H14N2O2/c1-19-13-3-2-4-14-15(13)18-16(20-14)11-6-5-10-7-8-17-12(10)9-11/h2-6,9,17H,7-8H2,1H3. The van der Waals surface area contributed by atoms with E-state index in [1.54, 1.807) is 7.11 Å². The molecule has 1 aliphatic rings. The number of rotatable bonds is 2. The van der Waals surface area contributed by atoms with Gasteiger partial charge in [-0.25, -0.2) is 4.98 Å². The quantitative estimate of drug-likeness (QED) is 0.771. The Kier molecular flexibility index (Phi) is 2.42. The molecule has 1 aliphatic heterocycles. The first kappa shape index (κ1) is 11.3. The number of hydrogen-bond acceptors (Lipinski definition) is 4. The number of aromatic nitrogens is 1. The molecule has 0 aliphatic carbocycles. The van der Waals surface area contributed by atoms with Crippen LogP contribution in [0.5, 0.6) is 5.75 Å². The summed E-state index contributed by atoms with van der Waals surface area (Å²) in [6, 6.07) is 12.0. The normalized spacial score (nSPS) is 13.2. The number of methoxy groups -OCH3 is 1. The van der Waals surface area contributed by atoms with Gasteiger partial charge in [-0.05, 0) is 36.2 Å². The summed E-state index contributed by atoms with van der Waals surface area (Å²) in [5.74, 6) is 1.36. The van der Waals surface area contributed by atoms with Crippen molar-refractivity contribution >= 4 is 16.8 Å². The van der Waals surface area contributed by atoms with Gasteiger partial charge in [-0.1, -0.05) is 12.1 Å². The molecule has 0 bridgehead atoms. The number of nitrogens with zero attached hydrogens (tertiary/aromatic N) is 1. The zero-order valence-electron chi connectivity index (χ0n) is 11.1. The molecule has 0 saturated heterocycles. The van der Waals surface area contributed by atoms with Crippen LogP contribution in [0.3, 0.4) is 0 Å². The maximum absolute atomic E-state index is 5.84. The third-order valence-electron chi connectivity index (χ3n) is 3.67. The van der Waals surface area contributed by atoms with Crippen LogP contribution in [0, 0.1) is 0 Å². The van der Waals surface area contributed by atoms with Gasteiger partial charge >= 0.3 is 0 Å². The average Bonchev–Trinajstić information content (AvgIpc) is 3.11. The lowest BCUT2D eigenvalue weighted by molar-refractivity contribution is 0.419. The molecule has 100 valence electrons. The van der Waals surface area contributed by atoms with Crippen molar-refractivity contribution in [1.82, 2.24) is 4.98 Å². The molecule has 4 nitrogen and oxygen atoms in total. The molecular formula is C16H14N2O2. The van der Waals surface area contributed by atoms with Gasteiger partial charge in [0.1, 0.15) is 5.75 Å². The van der Waals surface area contributed by atoms with E-state index in [-0.39, 0.29) is 0 Å². The summed E-state index contributed by atoms with van der Waals surface area (Å²) in [7, 11) is 1.64. The number of ether oxygens (including phenoxy) is 1. The van der Waals surface area contributed by atoms with Crippen LogP contribution < -0.4 is 10.1 Å². The highest BCUT2D eigenvalue weighted by Crippen LogP contribution is 2.32. The first-order chi connectivity index (χ1) is 9.85. The van der Waals surface area contributed by atoms with E-state index in [2.05, 4.69) is 28.5 Å². The summed E-state index contributed by atoms with van der Waals surface area (Å²) in [5.41, 5.74) is 5.02. The molecule has 3 aromatic rings. The van der Waals surface area contributed by atoms with Gasteiger partial charge in [0.15, 0.2) is 11.1 Å². The molecule has 0 atom stereocenters. The van der Waals surface area contributed by atoms with Gasteiger partial charge < -0.3 is 14.5 Å². The van der Waals surface area contributed by atoms with E-state index < -0.39 is 0 Å². The van der Waals surface area contributed by atoms with Crippen molar-refractivity contribution < 1.29 is 9.15 Å². The number of oxazole rings is 1. The fourth-order valence-corrected chi connectivity index (χ4v) is 2.64. The molecule has 4 rings (SSSR count). The lowest BCUT2D eigenvalue weighted by Crippen LogP contribution is -1.91. The summed E-state index contributed by atoms with van der Waals surface area (Å²) in [5, 5.41) is 3.37. The lowest BCUT2D eigenvalue weighted by atomic mass is 10.1. The number of para-hydroxylation sites is 1. The summed E-state index contributed by atoms with van der Waals surface area (Å²) in [6.45, 7) is 1.00. The smallest absolute Gasteiger partial charge is 0.227 e. The van der Waals surface area contributed by atoms with Crippen molar-refractivity contribution in [3.8, 4) is 17.2 Å². The van der Waals surface area contributed by atoms with Crippen molar-refractivity contribution in [2.24, 2.45) is 0 Å². The van der Waals surface area contributed by atoms with Gasteiger partial charge in [-0.2, -0.15) is 0 Å². The van der Waals surface area contributed by atoms with Crippen LogP contribution in [0.2, 0.25) is 0 Å². The second-order valence-corrected chi connectivity index (χ2v) is 4.87. The minimum Gasteiger partial charge on any atom is -0.494 e. The molecule has 2 heterocycles. The summed E-state index contributed by atoms with van der Waals surface area (Å²) in [6.07, 6.45) is 1.08. The maximum atomic E-state index is 5.84. The highest BCUT2D eigenvalue weighted by Gasteiger charge is 2.15. The van der Waals surface area contributed by atoms with Crippen molar-refractivity contribution in [1.29, 1.82) is 0 Å². The molecule has 0 saturated carbocycles. The monoisotopic (exact) mass is 266 g/mol. The second-order valence-electron chi connectivity index (χ2n) is 4.87. The average molecular weight is 266 g/mol. The maximum Gasteiger partial charge on any atom is 0.227 e. The molecule has 0 radical (unpaired) electrons. The Balaban J connectivity index is 1.86. The van der Waals surface area contributed by atoms with Gasteiger partial charge in [-0.15, -0.1) is 0 Å². The largest absolute Gasteiger partial charge is 0.494 e.